The Morgan fingerprint density at radius 1 is 1.00 bits per heavy atom. The van der Waals surface area contributed by atoms with E-state index in [1.165, 1.54) is 11.1 Å². The van der Waals surface area contributed by atoms with Crippen molar-refractivity contribution in [1.29, 1.82) is 0 Å². The van der Waals surface area contributed by atoms with E-state index >= 15 is 0 Å². The third-order valence-corrected chi connectivity index (χ3v) is 4.40. The van der Waals surface area contributed by atoms with Gasteiger partial charge in [0.25, 0.3) is 0 Å². The van der Waals surface area contributed by atoms with Gasteiger partial charge in [-0.05, 0) is 42.4 Å². The minimum Gasteiger partial charge on any atom is -0.309 e. The van der Waals surface area contributed by atoms with E-state index in [4.69, 9.17) is 0 Å². The van der Waals surface area contributed by atoms with Crippen LogP contribution in [0.1, 0.15) is 17.2 Å². The molecule has 0 aliphatic carbocycles. The van der Waals surface area contributed by atoms with Gasteiger partial charge in [-0.2, -0.15) is 0 Å². The predicted octanol–water partition coefficient (Wildman–Crippen LogP) is 5.07. The maximum atomic E-state index is 4.56. The summed E-state index contributed by atoms with van der Waals surface area (Å²) in [6.07, 6.45) is 1.84. The summed E-state index contributed by atoms with van der Waals surface area (Å²) in [6, 6.07) is 16.8. The molecule has 0 radical (unpaired) electrons. The topological polar surface area (TPSA) is 24.9 Å². The van der Waals surface area contributed by atoms with Gasteiger partial charge in [-0.1, -0.05) is 56.1 Å². The van der Waals surface area contributed by atoms with Gasteiger partial charge in [0.2, 0.25) is 0 Å². The van der Waals surface area contributed by atoms with Gasteiger partial charge >= 0.3 is 0 Å². The van der Waals surface area contributed by atoms with Crippen LogP contribution in [0.3, 0.4) is 0 Å². The number of rotatable bonds is 3. The Hall–Kier alpha value is -1.23. The smallest absolute Gasteiger partial charge is 0.0753 e. The predicted molar refractivity (Wildman–Crippen MR) is 94.5 cm³/mol. The molecule has 0 saturated carbocycles. The molecular weight excluding hydrogens is 392 g/mol. The molecule has 0 fully saturated rings. The van der Waals surface area contributed by atoms with Crippen LogP contribution in [0.15, 0.2) is 63.7 Å². The van der Waals surface area contributed by atoms with Gasteiger partial charge in [0.05, 0.1) is 11.6 Å². The molecule has 0 bridgehead atoms. The maximum Gasteiger partial charge on any atom is 0.0753 e. The Morgan fingerprint density at radius 3 is 2.43 bits per heavy atom. The van der Waals surface area contributed by atoms with E-state index in [2.05, 4.69) is 78.6 Å². The quantitative estimate of drug-likeness (QED) is 0.657. The Balaban J connectivity index is 2.18. The second kappa shape index (κ2) is 6.26. The molecule has 0 aliphatic heterocycles. The van der Waals surface area contributed by atoms with Crippen molar-refractivity contribution in [3.8, 4) is 0 Å². The maximum absolute atomic E-state index is 4.56. The van der Waals surface area contributed by atoms with Gasteiger partial charge in [-0.3, -0.25) is 4.98 Å². The lowest BCUT2D eigenvalue weighted by Gasteiger charge is -2.19. The number of pyridine rings is 1. The molecule has 1 atom stereocenters. The number of hydrogen-bond donors (Lipinski definition) is 1. The van der Waals surface area contributed by atoms with E-state index < -0.39 is 0 Å². The van der Waals surface area contributed by atoms with Crippen molar-refractivity contribution in [1.82, 2.24) is 10.3 Å². The van der Waals surface area contributed by atoms with E-state index in [1.807, 2.05) is 25.4 Å². The van der Waals surface area contributed by atoms with Gasteiger partial charge in [-0.25, -0.2) is 0 Å². The van der Waals surface area contributed by atoms with Crippen LogP contribution in [0.5, 0.6) is 0 Å². The van der Waals surface area contributed by atoms with Gasteiger partial charge in [0.1, 0.15) is 0 Å². The summed E-state index contributed by atoms with van der Waals surface area (Å²) < 4.78 is 2.11. The minimum absolute atomic E-state index is 0.0948. The summed E-state index contributed by atoms with van der Waals surface area (Å²) in [5.41, 5.74) is 3.41. The number of aromatic nitrogens is 1. The lowest BCUT2D eigenvalue weighted by molar-refractivity contribution is 0.695. The van der Waals surface area contributed by atoms with E-state index in [9.17, 15) is 0 Å². The zero-order valence-electron chi connectivity index (χ0n) is 11.5. The normalized spacial score (nSPS) is 12.5. The molecule has 1 unspecified atom stereocenters. The molecule has 106 valence electrons. The molecule has 21 heavy (non-hydrogen) atoms. The van der Waals surface area contributed by atoms with Gasteiger partial charge in [0.15, 0.2) is 0 Å². The monoisotopic (exact) mass is 404 g/mol. The van der Waals surface area contributed by atoms with Gasteiger partial charge < -0.3 is 5.32 Å². The number of hydrogen-bond acceptors (Lipinski definition) is 2. The van der Waals surface area contributed by atoms with E-state index in [1.54, 1.807) is 0 Å². The molecule has 2 aromatic carbocycles. The van der Waals surface area contributed by atoms with Gasteiger partial charge in [0, 0.05) is 20.5 Å². The fourth-order valence-corrected chi connectivity index (χ4v) is 3.93. The van der Waals surface area contributed by atoms with Crippen molar-refractivity contribution in [2.75, 3.05) is 7.05 Å². The Morgan fingerprint density at radius 2 is 1.71 bits per heavy atom. The highest BCUT2D eigenvalue weighted by molar-refractivity contribution is 9.11. The molecule has 0 aliphatic rings. The molecule has 0 amide bonds. The molecule has 4 heteroatoms. The zero-order valence-corrected chi connectivity index (χ0v) is 14.6. The molecule has 3 rings (SSSR count). The molecule has 0 spiro atoms. The third-order valence-electron chi connectivity index (χ3n) is 3.48. The highest BCUT2D eigenvalue weighted by Gasteiger charge is 2.16. The number of nitrogens with zero attached hydrogens (tertiary/aromatic N) is 1. The second-order valence-electron chi connectivity index (χ2n) is 4.85. The number of nitrogens with one attached hydrogen (secondary N) is 1. The average Bonchev–Trinajstić information content (AvgIpc) is 2.47. The molecule has 1 heterocycles. The van der Waals surface area contributed by atoms with Gasteiger partial charge in [-0.15, -0.1) is 0 Å². The molecule has 1 N–H and O–H groups in total. The molecular formula is C17H14Br2N2. The van der Waals surface area contributed by atoms with Crippen molar-refractivity contribution in [2.24, 2.45) is 0 Å². The third kappa shape index (κ3) is 3.03. The highest BCUT2D eigenvalue weighted by Crippen LogP contribution is 2.31. The summed E-state index contributed by atoms with van der Waals surface area (Å²) in [6.45, 7) is 0. The van der Waals surface area contributed by atoms with E-state index in [0.717, 1.165) is 19.8 Å². The van der Waals surface area contributed by atoms with Crippen LogP contribution < -0.4 is 5.32 Å². The Bertz CT molecular complexity index is 761. The minimum atomic E-state index is 0.0948. The van der Waals surface area contributed by atoms with Crippen LogP contribution in [0, 0.1) is 0 Å². The first-order valence-electron chi connectivity index (χ1n) is 6.66. The fraction of sp³-hybridized carbons (Fsp3) is 0.118. The molecule has 1 aromatic heterocycles. The molecule has 0 saturated heterocycles. The van der Waals surface area contributed by atoms with E-state index in [0.29, 0.717) is 0 Å². The SMILES string of the molecule is CNC(c1cc(Br)cc(Br)c1)c1cccc2cccnc12. The summed E-state index contributed by atoms with van der Waals surface area (Å²) >= 11 is 7.12. The van der Waals surface area contributed by atoms with Crippen LogP contribution in [0.25, 0.3) is 10.9 Å². The standard InChI is InChI=1S/C17H14Br2N2/c1-20-16(12-8-13(18)10-14(19)9-12)15-6-2-4-11-5-3-7-21-17(11)15/h2-10,16,20H,1H3. The van der Waals surface area contributed by atoms with Crippen molar-refractivity contribution in [3.63, 3.8) is 0 Å². The van der Waals surface area contributed by atoms with E-state index in [-0.39, 0.29) is 6.04 Å². The molecule has 2 nitrogen and oxygen atoms in total. The first-order chi connectivity index (χ1) is 10.2. The Labute approximate surface area is 140 Å². The number of benzene rings is 2. The van der Waals surface area contributed by atoms with Crippen molar-refractivity contribution >= 4 is 42.8 Å². The van der Waals surface area contributed by atoms with Crippen LogP contribution in [0.4, 0.5) is 0 Å². The summed E-state index contributed by atoms with van der Waals surface area (Å²) in [7, 11) is 1.97. The van der Waals surface area contributed by atoms with Crippen LogP contribution in [-0.4, -0.2) is 12.0 Å². The number of fused-ring (bicyclic) bond motifs is 1. The summed E-state index contributed by atoms with van der Waals surface area (Å²) in [4.78, 5) is 4.56. The van der Waals surface area contributed by atoms with Crippen LogP contribution in [0.2, 0.25) is 0 Å². The lowest BCUT2D eigenvalue weighted by atomic mass is 9.96. The zero-order chi connectivity index (χ0) is 14.8. The highest BCUT2D eigenvalue weighted by atomic mass is 79.9. The summed E-state index contributed by atoms with van der Waals surface area (Å²) in [5, 5.41) is 4.56. The largest absolute Gasteiger partial charge is 0.309 e. The van der Waals surface area contributed by atoms with Crippen LogP contribution in [-0.2, 0) is 0 Å². The van der Waals surface area contributed by atoms with Crippen molar-refractivity contribution in [3.05, 3.63) is 74.8 Å². The number of halogens is 2. The first kappa shape index (κ1) is 14.7. The Kier molecular flexibility index (Phi) is 4.38. The first-order valence-corrected chi connectivity index (χ1v) is 8.24. The van der Waals surface area contributed by atoms with Crippen molar-refractivity contribution < 1.29 is 0 Å². The summed E-state index contributed by atoms with van der Waals surface area (Å²) in [5.74, 6) is 0. The lowest BCUT2D eigenvalue weighted by Crippen LogP contribution is -2.18. The second-order valence-corrected chi connectivity index (χ2v) is 6.68. The average molecular weight is 406 g/mol. The molecule has 3 aromatic rings. The van der Waals surface area contributed by atoms with Crippen molar-refractivity contribution in [2.45, 2.75) is 6.04 Å². The number of para-hydroxylation sites is 1. The van der Waals surface area contributed by atoms with Crippen LogP contribution >= 0.6 is 31.9 Å². The fourth-order valence-electron chi connectivity index (χ4n) is 2.60.